The predicted molar refractivity (Wildman–Crippen MR) is 77.7 cm³/mol. The molecule has 0 amide bonds. The van der Waals surface area contributed by atoms with E-state index in [2.05, 4.69) is 26.5 Å². The molecular formula is C13H15BrF2N4O. The predicted octanol–water partition coefficient (Wildman–Crippen LogP) is 2.50. The molecule has 0 saturated carbocycles. The van der Waals surface area contributed by atoms with Gasteiger partial charge >= 0.3 is 0 Å². The number of hydrazine groups is 1. The molecule has 21 heavy (non-hydrogen) atoms. The lowest BCUT2D eigenvalue weighted by Crippen LogP contribution is -2.32. The number of nitrogens with two attached hydrogens (primary N) is 1. The summed E-state index contributed by atoms with van der Waals surface area (Å²) in [5.41, 5.74) is 2.71. The van der Waals surface area contributed by atoms with Crippen LogP contribution < -0.4 is 16.0 Å². The maximum absolute atomic E-state index is 14.2. The average molecular weight is 361 g/mol. The van der Waals surface area contributed by atoms with Crippen molar-refractivity contribution in [2.45, 2.75) is 19.5 Å². The summed E-state index contributed by atoms with van der Waals surface area (Å²) in [7, 11) is 1.46. The van der Waals surface area contributed by atoms with Gasteiger partial charge in [-0.3, -0.25) is 10.5 Å². The van der Waals surface area contributed by atoms with Crippen molar-refractivity contribution in [1.29, 1.82) is 0 Å². The van der Waals surface area contributed by atoms with Gasteiger partial charge in [-0.25, -0.2) is 14.2 Å². The fraction of sp³-hybridized carbons (Fsp3) is 0.308. The summed E-state index contributed by atoms with van der Waals surface area (Å²) in [6.07, 6.45) is 1.48. The summed E-state index contributed by atoms with van der Waals surface area (Å²) in [4.78, 5) is 0. The number of hydrogen-bond donors (Lipinski definition) is 2. The van der Waals surface area contributed by atoms with Crippen molar-refractivity contribution in [1.82, 2.24) is 15.2 Å². The Kier molecular flexibility index (Phi) is 4.92. The lowest BCUT2D eigenvalue weighted by Gasteiger charge is -2.20. The number of nitrogens with zero attached hydrogens (tertiary/aromatic N) is 2. The zero-order valence-electron chi connectivity index (χ0n) is 11.5. The molecule has 1 heterocycles. The molecule has 2 aromatic rings. The van der Waals surface area contributed by atoms with E-state index >= 15 is 0 Å². The Balaban J connectivity index is 2.63. The van der Waals surface area contributed by atoms with E-state index in [0.29, 0.717) is 22.5 Å². The van der Waals surface area contributed by atoms with Crippen LogP contribution in [0.15, 0.2) is 22.8 Å². The fourth-order valence-corrected chi connectivity index (χ4v) is 2.61. The summed E-state index contributed by atoms with van der Waals surface area (Å²) in [5.74, 6) is 4.51. The molecule has 114 valence electrons. The van der Waals surface area contributed by atoms with Gasteiger partial charge in [0.05, 0.1) is 19.3 Å². The quantitative estimate of drug-likeness (QED) is 0.635. The Bertz CT molecular complexity index is 603. The van der Waals surface area contributed by atoms with Crippen LogP contribution in [0.4, 0.5) is 8.78 Å². The number of rotatable bonds is 5. The van der Waals surface area contributed by atoms with Crippen LogP contribution in [-0.4, -0.2) is 16.9 Å². The van der Waals surface area contributed by atoms with Gasteiger partial charge in [0.2, 0.25) is 0 Å². The third-order valence-electron chi connectivity index (χ3n) is 3.14. The molecule has 0 spiro atoms. The molecule has 0 bridgehead atoms. The minimum absolute atomic E-state index is 0.186. The van der Waals surface area contributed by atoms with Crippen LogP contribution in [0, 0.1) is 11.6 Å². The van der Waals surface area contributed by atoms with Crippen LogP contribution in [0.25, 0.3) is 0 Å². The third-order valence-corrected chi connectivity index (χ3v) is 3.59. The second-order valence-electron chi connectivity index (χ2n) is 4.30. The van der Waals surface area contributed by atoms with Gasteiger partial charge in [0.1, 0.15) is 17.3 Å². The van der Waals surface area contributed by atoms with Gasteiger partial charge in [0, 0.05) is 16.6 Å². The Morgan fingerprint density at radius 2 is 2.05 bits per heavy atom. The van der Waals surface area contributed by atoms with Crippen LogP contribution in [0.1, 0.15) is 24.2 Å². The monoisotopic (exact) mass is 360 g/mol. The van der Waals surface area contributed by atoms with Crippen LogP contribution in [0.2, 0.25) is 0 Å². The van der Waals surface area contributed by atoms with Gasteiger partial charge in [-0.2, -0.15) is 5.10 Å². The maximum Gasteiger partial charge on any atom is 0.161 e. The summed E-state index contributed by atoms with van der Waals surface area (Å²) in [5, 5.41) is 4.12. The van der Waals surface area contributed by atoms with Gasteiger partial charge in [0.15, 0.2) is 5.75 Å². The van der Waals surface area contributed by atoms with E-state index in [4.69, 9.17) is 10.6 Å². The van der Waals surface area contributed by atoms with Crippen LogP contribution in [0.5, 0.6) is 5.75 Å². The SMILES string of the molecule is CCn1ncc(OC)c1C(NN)c1c(F)cc(Br)cc1F. The van der Waals surface area contributed by atoms with E-state index < -0.39 is 17.7 Å². The number of aromatic nitrogens is 2. The Labute approximate surface area is 129 Å². The first kappa shape index (κ1) is 15.9. The molecule has 2 rings (SSSR count). The van der Waals surface area contributed by atoms with Crippen LogP contribution >= 0.6 is 15.9 Å². The van der Waals surface area contributed by atoms with Crippen LogP contribution in [-0.2, 0) is 6.54 Å². The van der Waals surface area contributed by atoms with Gasteiger partial charge in [-0.1, -0.05) is 15.9 Å². The van der Waals surface area contributed by atoms with E-state index in [1.807, 2.05) is 6.92 Å². The summed E-state index contributed by atoms with van der Waals surface area (Å²) >= 11 is 3.05. The van der Waals surface area contributed by atoms with Crippen molar-refractivity contribution in [2.24, 2.45) is 5.84 Å². The largest absolute Gasteiger partial charge is 0.493 e. The van der Waals surface area contributed by atoms with E-state index in [9.17, 15) is 8.78 Å². The smallest absolute Gasteiger partial charge is 0.161 e. The van der Waals surface area contributed by atoms with Crippen molar-refractivity contribution in [2.75, 3.05) is 7.11 Å². The minimum Gasteiger partial charge on any atom is -0.493 e. The number of methoxy groups -OCH3 is 1. The zero-order chi connectivity index (χ0) is 15.6. The second-order valence-corrected chi connectivity index (χ2v) is 5.21. The first-order valence-electron chi connectivity index (χ1n) is 6.23. The lowest BCUT2D eigenvalue weighted by atomic mass is 10.0. The van der Waals surface area contributed by atoms with Crippen molar-refractivity contribution >= 4 is 15.9 Å². The van der Waals surface area contributed by atoms with Crippen molar-refractivity contribution in [3.63, 3.8) is 0 Å². The number of hydrogen-bond acceptors (Lipinski definition) is 4. The molecule has 0 aliphatic rings. The molecule has 0 fully saturated rings. The Morgan fingerprint density at radius 3 is 2.52 bits per heavy atom. The standard InChI is InChI=1S/C13H15BrF2N4O/c1-3-20-13(10(21-2)6-18-20)12(19-17)11-8(15)4-7(14)5-9(11)16/h4-6,12,19H,3,17H2,1-2H3. The molecule has 8 heteroatoms. The lowest BCUT2D eigenvalue weighted by molar-refractivity contribution is 0.395. The first-order valence-corrected chi connectivity index (χ1v) is 7.03. The highest BCUT2D eigenvalue weighted by molar-refractivity contribution is 9.10. The van der Waals surface area contributed by atoms with Gasteiger partial charge in [-0.05, 0) is 19.1 Å². The molecule has 1 atom stereocenters. The Hall–Kier alpha value is -1.51. The van der Waals surface area contributed by atoms with E-state index in [1.54, 1.807) is 4.68 Å². The van der Waals surface area contributed by atoms with Gasteiger partial charge in [0.25, 0.3) is 0 Å². The summed E-state index contributed by atoms with van der Waals surface area (Å²) in [6.45, 7) is 2.37. The second kappa shape index (κ2) is 6.50. The molecule has 1 aromatic heterocycles. The maximum atomic E-state index is 14.2. The first-order chi connectivity index (χ1) is 10.0. The molecular weight excluding hydrogens is 346 g/mol. The summed E-state index contributed by atoms with van der Waals surface area (Å²) < 4.78 is 35.4. The number of benzene rings is 1. The van der Waals surface area contributed by atoms with E-state index in [1.165, 1.54) is 25.4 Å². The van der Waals surface area contributed by atoms with E-state index in [0.717, 1.165) is 0 Å². The van der Waals surface area contributed by atoms with Gasteiger partial charge < -0.3 is 4.74 Å². The Morgan fingerprint density at radius 1 is 1.43 bits per heavy atom. The highest BCUT2D eigenvalue weighted by Gasteiger charge is 2.28. The van der Waals surface area contributed by atoms with Crippen molar-refractivity contribution in [3.05, 3.63) is 45.7 Å². The average Bonchev–Trinajstić information content (AvgIpc) is 2.85. The molecule has 5 nitrogen and oxygen atoms in total. The summed E-state index contributed by atoms with van der Waals surface area (Å²) in [6, 6.07) is 1.44. The number of halogens is 3. The number of ether oxygens (including phenoxy) is 1. The third kappa shape index (κ3) is 2.92. The van der Waals surface area contributed by atoms with Crippen molar-refractivity contribution in [3.8, 4) is 5.75 Å². The molecule has 1 unspecified atom stereocenters. The van der Waals surface area contributed by atoms with Gasteiger partial charge in [-0.15, -0.1) is 0 Å². The molecule has 0 radical (unpaired) electrons. The van der Waals surface area contributed by atoms with E-state index in [-0.39, 0.29) is 5.56 Å². The highest BCUT2D eigenvalue weighted by Crippen LogP contribution is 2.33. The topological polar surface area (TPSA) is 65.1 Å². The highest BCUT2D eigenvalue weighted by atomic mass is 79.9. The number of aryl methyl sites for hydroxylation is 1. The van der Waals surface area contributed by atoms with Crippen LogP contribution in [0.3, 0.4) is 0 Å². The molecule has 3 N–H and O–H groups in total. The van der Waals surface area contributed by atoms with Crippen molar-refractivity contribution < 1.29 is 13.5 Å². The molecule has 1 aromatic carbocycles. The normalized spacial score (nSPS) is 12.5. The minimum atomic E-state index is -0.921. The zero-order valence-corrected chi connectivity index (χ0v) is 13.1. The molecule has 0 aliphatic carbocycles. The molecule has 0 saturated heterocycles. The number of nitrogens with one attached hydrogen (secondary N) is 1. The fourth-order valence-electron chi connectivity index (χ4n) is 2.21. The molecule has 0 aliphatic heterocycles.